The molecular formula is C29H35FN4O4S. The number of nitrogens with one attached hydrogen (secondary N) is 1. The number of methoxy groups -OCH3 is 2. The second-order valence-corrected chi connectivity index (χ2v) is 11.5. The first-order valence-electron chi connectivity index (χ1n) is 12.8. The Balaban J connectivity index is 1.90. The number of anilines is 1. The first-order valence-corrected chi connectivity index (χ1v) is 13.9. The molecule has 4 rings (SSSR count). The largest absolute Gasteiger partial charge is 0.497 e. The highest BCUT2D eigenvalue weighted by Gasteiger charge is 2.40. The third-order valence-electron chi connectivity index (χ3n) is 6.42. The van der Waals surface area contributed by atoms with Crippen LogP contribution in [0, 0.1) is 5.82 Å². The van der Waals surface area contributed by atoms with Crippen molar-refractivity contribution in [1.82, 2.24) is 15.1 Å². The number of ether oxygens (including phenoxy) is 2. The van der Waals surface area contributed by atoms with Gasteiger partial charge < -0.3 is 14.8 Å². The number of aromatic nitrogens is 2. The molecule has 8 nitrogen and oxygen atoms in total. The van der Waals surface area contributed by atoms with Crippen LogP contribution in [0.3, 0.4) is 0 Å². The Kier molecular flexibility index (Phi) is 8.97. The van der Waals surface area contributed by atoms with Gasteiger partial charge in [-0.15, -0.1) is 11.8 Å². The van der Waals surface area contributed by atoms with E-state index in [-0.39, 0.29) is 35.2 Å². The average molecular weight is 555 g/mol. The van der Waals surface area contributed by atoms with Crippen molar-refractivity contribution in [3.63, 3.8) is 0 Å². The van der Waals surface area contributed by atoms with Crippen LogP contribution in [-0.2, 0) is 19.7 Å². The molecule has 1 aliphatic rings. The van der Waals surface area contributed by atoms with Crippen LogP contribution >= 0.6 is 11.8 Å². The molecule has 10 heteroatoms. The Bertz CT molecular complexity index is 1320. The molecule has 2 aromatic carbocycles. The minimum absolute atomic E-state index is 0.124. The summed E-state index contributed by atoms with van der Waals surface area (Å²) in [7, 11) is 3.21. The second-order valence-electron chi connectivity index (χ2n) is 10.4. The van der Waals surface area contributed by atoms with E-state index in [2.05, 4.69) is 26.1 Å². The summed E-state index contributed by atoms with van der Waals surface area (Å²) in [4.78, 5) is 28.2. The molecule has 0 aliphatic carbocycles. The van der Waals surface area contributed by atoms with Crippen molar-refractivity contribution in [2.75, 3.05) is 44.6 Å². The smallest absolute Gasteiger partial charge is 0.240 e. The van der Waals surface area contributed by atoms with E-state index in [4.69, 9.17) is 14.6 Å². The van der Waals surface area contributed by atoms with Crippen molar-refractivity contribution in [3.05, 3.63) is 71.2 Å². The van der Waals surface area contributed by atoms with Gasteiger partial charge in [-0.1, -0.05) is 32.9 Å². The number of rotatable bonds is 9. The molecule has 39 heavy (non-hydrogen) atoms. The number of benzene rings is 2. The SMILES string of the molecule is COCCCNC(=O)CN1C(=O)CSC(c2cccc(F)c2)c2c(C(C)(C)C)nn(-c3ccc(OC)cc3)c21. The number of amides is 2. The maximum atomic E-state index is 14.4. The monoisotopic (exact) mass is 554 g/mol. The van der Waals surface area contributed by atoms with Crippen LogP contribution in [0.1, 0.15) is 49.3 Å². The lowest BCUT2D eigenvalue weighted by Crippen LogP contribution is -2.42. The summed E-state index contributed by atoms with van der Waals surface area (Å²) in [6.45, 7) is 6.97. The first kappa shape index (κ1) is 28.6. The van der Waals surface area contributed by atoms with Gasteiger partial charge in [0.15, 0.2) is 0 Å². The maximum Gasteiger partial charge on any atom is 0.240 e. The van der Waals surface area contributed by atoms with E-state index >= 15 is 0 Å². The molecule has 0 bridgehead atoms. The fourth-order valence-electron chi connectivity index (χ4n) is 4.55. The van der Waals surface area contributed by atoms with Crippen molar-refractivity contribution in [2.24, 2.45) is 0 Å². The highest BCUT2D eigenvalue weighted by Crippen LogP contribution is 2.48. The standard InChI is InChI=1S/C29H35FN4O4S/c1-29(2,3)27-25-26(19-8-6-9-20(30)16-19)39-18-24(36)33(17-23(35)31-14-7-15-37-4)28(25)34(32-27)21-10-12-22(38-5)13-11-21/h6,8-13,16,26H,7,14-15,17-18H2,1-5H3,(H,31,35). The van der Waals surface area contributed by atoms with E-state index in [0.717, 1.165) is 16.8 Å². The zero-order valence-electron chi connectivity index (χ0n) is 23.0. The predicted octanol–water partition coefficient (Wildman–Crippen LogP) is 4.64. The number of nitrogens with zero attached hydrogens (tertiary/aromatic N) is 3. The Morgan fingerprint density at radius 3 is 2.56 bits per heavy atom. The highest BCUT2D eigenvalue weighted by atomic mass is 32.2. The van der Waals surface area contributed by atoms with Crippen LogP contribution in [0.5, 0.6) is 5.75 Å². The maximum absolute atomic E-state index is 14.4. The fraction of sp³-hybridized carbons (Fsp3) is 0.414. The molecule has 0 fully saturated rings. The van der Waals surface area contributed by atoms with Crippen LogP contribution in [0.15, 0.2) is 48.5 Å². The predicted molar refractivity (Wildman–Crippen MR) is 151 cm³/mol. The van der Waals surface area contributed by atoms with Gasteiger partial charge >= 0.3 is 0 Å². The molecular weight excluding hydrogens is 519 g/mol. The second kappa shape index (κ2) is 12.2. The molecule has 1 N–H and O–H groups in total. The zero-order valence-corrected chi connectivity index (χ0v) is 23.8. The Morgan fingerprint density at radius 1 is 1.18 bits per heavy atom. The van der Waals surface area contributed by atoms with E-state index in [1.54, 1.807) is 25.0 Å². The summed E-state index contributed by atoms with van der Waals surface area (Å²) in [6.07, 6.45) is 0.664. The van der Waals surface area contributed by atoms with Gasteiger partial charge in [0.05, 0.1) is 29.5 Å². The minimum atomic E-state index is -0.407. The zero-order chi connectivity index (χ0) is 28.2. The van der Waals surface area contributed by atoms with Crippen LogP contribution in [0.2, 0.25) is 0 Å². The molecule has 0 radical (unpaired) electrons. The van der Waals surface area contributed by atoms with Crippen molar-refractivity contribution in [3.8, 4) is 11.4 Å². The van der Waals surface area contributed by atoms with Gasteiger partial charge in [0.2, 0.25) is 11.8 Å². The minimum Gasteiger partial charge on any atom is -0.497 e. The third-order valence-corrected chi connectivity index (χ3v) is 7.67. The number of fused-ring (bicyclic) bond motifs is 1. The molecule has 0 spiro atoms. The van der Waals surface area contributed by atoms with E-state index in [0.29, 0.717) is 36.8 Å². The van der Waals surface area contributed by atoms with Gasteiger partial charge in [-0.3, -0.25) is 14.5 Å². The number of thioether (sulfide) groups is 1. The van der Waals surface area contributed by atoms with Gasteiger partial charge in [-0.05, 0) is 48.4 Å². The first-order chi connectivity index (χ1) is 18.6. The van der Waals surface area contributed by atoms with Crippen molar-refractivity contribution >= 4 is 29.4 Å². The van der Waals surface area contributed by atoms with Gasteiger partial charge in [0.25, 0.3) is 0 Å². The lowest BCUT2D eigenvalue weighted by Gasteiger charge is -2.24. The number of hydrogen-bond acceptors (Lipinski definition) is 6. The molecule has 1 atom stereocenters. The van der Waals surface area contributed by atoms with E-state index < -0.39 is 5.41 Å². The summed E-state index contributed by atoms with van der Waals surface area (Å²) < 4.78 is 26.5. The van der Waals surface area contributed by atoms with Crippen LogP contribution in [-0.4, -0.2) is 61.3 Å². The Hall–Kier alpha value is -3.37. The quantitative estimate of drug-likeness (QED) is 0.388. The summed E-state index contributed by atoms with van der Waals surface area (Å²) in [6, 6.07) is 13.8. The van der Waals surface area contributed by atoms with Crippen LogP contribution in [0.4, 0.5) is 10.2 Å². The number of carbonyl (C=O) groups excluding carboxylic acids is 2. The number of carbonyl (C=O) groups is 2. The van der Waals surface area contributed by atoms with E-state index in [9.17, 15) is 14.0 Å². The lowest BCUT2D eigenvalue weighted by molar-refractivity contribution is -0.122. The molecule has 1 aliphatic heterocycles. The Morgan fingerprint density at radius 2 is 1.92 bits per heavy atom. The molecule has 2 amide bonds. The van der Waals surface area contributed by atoms with Gasteiger partial charge in [0, 0.05) is 31.2 Å². The van der Waals surface area contributed by atoms with Crippen molar-refractivity contribution < 1.29 is 23.5 Å². The third kappa shape index (κ3) is 6.45. The number of halogens is 1. The molecule has 1 aromatic heterocycles. The van der Waals surface area contributed by atoms with Crippen molar-refractivity contribution in [1.29, 1.82) is 0 Å². The van der Waals surface area contributed by atoms with Gasteiger partial charge in [-0.2, -0.15) is 5.10 Å². The molecule has 3 aromatic rings. The fourth-order valence-corrected chi connectivity index (χ4v) is 5.74. The van der Waals surface area contributed by atoms with Gasteiger partial charge in [-0.25, -0.2) is 9.07 Å². The van der Waals surface area contributed by atoms with Gasteiger partial charge in [0.1, 0.15) is 23.9 Å². The molecule has 208 valence electrons. The molecule has 1 unspecified atom stereocenters. The van der Waals surface area contributed by atoms with E-state index in [1.807, 2.05) is 30.3 Å². The average Bonchev–Trinajstić information content (AvgIpc) is 3.24. The molecule has 0 saturated carbocycles. The summed E-state index contributed by atoms with van der Waals surface area (Å²) in [5.41, 5.74) is 2.61. The van der Waals surface area contributed by atoms with Crippen molar-refractivity contribution in [2.45, 2.75) is 37.9 Å². The van der Waals surface area contributed by atoms with Crippen LogP contribution < -0.4 is 15.0 Å². The van der Waals surface area contributed by atoms with Crippen LogP contribution in [0.25, 0.3) is 5.69 Å². The summed E-state index contributed by atoms with van der Waals surface area (Å²) in [5, 5.41) is 7.55. The molecule has 2 heterocycles. The topological polar surface area (TPSA) is 85.7 Å². The Labute approximate surface area is 232 Å². The highest BCUT2D eigenvalue weighted by molar-refractivity contribution is 8.00. The van der Waals surface area contributed by atoms with E-state index in [1.165, 1.54) is 28.8 Å². The summed E-state index contributed by atoms with van der Waals surface area (Å²) in [5.74, 6) is 0.476. The lowest BCUT2D eigenvalue weighted by atomic mass is 9.87. The normalized spacial score (nSPS) is 15.6. The summed E-state index contributed by atoms with van der Waals surface area (Å²) >= 11 is 1.42. The molecule has 0 saturated heterocycles. The number of hydrogen-bond donors (Lipinski definition) is 1.